The first-order valence-corrected chi connectivity index (χ1v) is 6.08. The first-order chi connectivity index (χ1) is 8.18. The molecule has 1 unspecified atom stereocenters. The number of nitrogens with one attached hydrogen (secondary N) is 2. The van der Waals surface area contributed by atoms with Gasteiger partial charge in [-0.15, -0.1) is 0 Å². The Morgan fingerprint density at radius 3 is 3.00 bits per heavy atom. The van der Waals surface area contributed by atoms with Crippen molar-refractivity contribution < 1.29 is 4.79 Å². The molecule has 1 aromatic rings. The van der Waals surface area contributed by atoms with Crippen molar-refractivity contribution in [1.82, 2.24) is 25.4 Å². The van der Waals surface area contributed by atoms with Crippen molar-refractivity contribution in [2.24, 2.45) is 0 Å². The highest BCUT2D eigenvalue weighted by Crippen LogP contribution is 2.11. The minimum atomic E-state index is -0.0776. The second kappa shape index (κ2) is 5.27. The van der Waals surface area contributed by atoms with E-state index in [4.69, 9.17) is 0 Å². The van der Waals surface area contributed by atoms with Crippen LogP contribution in [0.3, 0.4) is 0 Å². The van der Waals surface area contributed by atoms with Gasteiger partial charge in [-0.1, -0.05) is 0 Å². The maximum Gasteiger partial charge on any atom is 0.291 e. The lowest BCUT2D eigenvalue weighted by Gasteiger charge is -2.28. The number of H-pyrrole nitrogens is 1. The van der Waals surface area contributed by atoms with E-state index in [0.717, 1.165) is 19.5 Å². The number of rotatable bonds is 4. The van der Waals surface area contributed by atoms with Crippen molar-refractivity contribution in [3.8, 4) is 0 Å². The molecule has 2 heterocycles. The maximum absolute atomic E-state index is 12.2. The predicted octanol–water partition coefficient (Wildman–Crippen LogP) is 0.407. The Kier molecular flexibility index (Phi) is 3.73. The molecule has 6 nitrogen and oxygen atoms in total. The van der Waals surface area contributed by atoms with Crippen LogP contribution in [0.5, 0.6) is 0 Å². The van der Waals surface area contributed by atoms with E-state index in [0.29, 0.717) is 11.9 Å². The van der Waals surface area contributed by atoms with Crippen LogP contribution in [-0.2, 0) is 0 Å². The Labute approximate surface area is 101 Å². The summed E-state index contributed by atoms with van der Waals surface area (Å²) in [6, 6.07) is 0.569. The molecule has 0 radical (unpaired) electrons. The number of nitrogens with zero attached hydrogens (tertiary/aromatic N) is 3. The molecule has 0 spiro atoms. The van der Waals surface area contributed by atoms with Gasteiger partial charge in [0.15, 0.2) is 0 Å². The molecule has 2 N–H and O–H groups in total. The van der Waals surface area contributed by atoms with E-state index in [9.17, 15) is 4.79 Å². The molecule has 0 aromatic carbocycles. The van der Waals surface area contributed by atoms with E-state index in [-0.39, 0.29) is 11.9 Å². The summed E-state index contributed by atoms with van der Waals surface area (Å²) in [7, 11) is 0. The first-order valence-electron chi connectivity index (χ1n) is 6.08. The van der Waals surface area contributed by atoms with Gasteiger partial charge in [0.2, 0.25) is 5.82 Å². The summed E-state index contributed by atoms with van der Waals surface area (Å²) in [6.45, 7) is 5.82. The molecule has 17 heavy (non-hydrogen) atoms. The lowest BCUT2D eigenvalue weighted by Crippen LogP contribution is -2.45. The lowest BCUT2D eigenvalue weighted by atomic mass is 10.2. The van der Waals surface area contributed by atoms with Gasteiger partial charge in [-0.05, 0) is 33.2 Å². The van der Waals surface area contributed by atoms with Gasteiger partial charge in [-0.3, -0.25) is 9.89 Å². The number of carbonyl (C=O) groups is 1. The van der Waals surface area contributed by atoms with Gasteiger partial charge in [0, 0.05) is 18.6 Å². The molecular formula is C11H19N5O. The molecule has 1 atom stereocenters. The quantitative estimate of drug-likeness (QED) is 0.795. The van der Waals surface area contributed by atoms with Crippen LogP contribution in [0.1, 0.15) is 37.3 Å². The highest BCUT2D eigenvalue weighted by atomic mass is 16.2. The van der Waals surface area contributed by atoms with Crippen LogP contribution in [-0.4, -0.2) is 51.2 Å². The number of hydrogen-bond donors (Lipinski definition) is 2. The second-order valence-corrected chi connectivity index (χ2v) is 4.68. The van der Waals surface area contributed by atoms with Crippen LogP contribution in [0.2, 0.25) is 0 Å². The number of amides is 1. The third-order valence-electron chi connectivity index (χ3n) is 3.08. The van der Waals surface area contributed by atoms with Gasteiger partial charge >= 0.3 is 0 Å². The molecule has 1 aliphatic heterocycles. The predicted molar refractivity (Wildman–Crippen MR) is 63.6 cm³/mol. The highest BCUT2D eigenvalue weighted by molar-refractivity contribution is 5.90. The summed E-state index contributed by atoms with van der Waals surface area (Å²) >= 11 is 0. The second-order valence-electron chi connectivity index (χ2n) is 4.68. The van der Waals surface area contributed by atoms with E-state index in [1.165, 1.54) is 12.7 Å². The van der Waals surface area contributed by atoms with Crippen LogP contribution >= 0.6 is 0 Å². The Morgan fingerprint density at radius 2 is 2.47 bits per heavy atom. The lowest BCUT2D eigenvalue weighted by molar-refractivity contribution is 0.0677. The molecule has 94 valence electrons. The topological polar surface area (TPSA) is 73.9 Å². The zero-order valence-electron chi connectivity index (χ0n) is 10.3. The summed E-state index contributed by atoms with van der Waals surface area (Å²) in [5.74, 6) is 0.239. The van der Waals surface area contributed by atoms with Crippen molar-refractivity contribution in [1.29, 1.82) is 0 Å². The Hall–Kier alpha value is -1.43. The average Bonchev–Trinajstić information content (AvgIpc) is 2.97. The van der Waals surface area contributed by atoms with Crippen LogP contribution in [0.15, 0.2) is 6.33 Å². The SMILES string of the molecule is CC(C)N(CC1CCCN1)C(=O)c1ncn[nH]1. The monoisotopic (exact) mass is 237 g/mol. The van der Waals surface area contributed by atoms with Crippen molar-refractivity contribution in [3.63, 3.8) is 0 Å². The summed E-state index contributed by atoms with van der Waals surface area (Å²) in [5, 5.41) is 9.74. The van der Waals surface area contributed by atoms with Gasteiger partial charge < -0.3 is 10.2 Å². The minimum Gasteiger partial charge on any atom is -0.332 e. The van der Waals surface area contributed by atoms with Gasteiger partial charge in [-0.2, -0.15) is 5.10 Å². The zero-order chi connectivity index (χ0) is 12.3. The highest BCUT2D eigenvalue weighted by Gasteiger charge is 2.25. The molecule has 1 aliphatic rings. The number of aromatic nitrogens is 3. The van der Waals surface area contributed by atoms with E-state index in [2.05, 4.69) is 20.5 Å². The van der Waals surface area contributed by atoms with Gasteiger partial charge in [0.25, 0.3) is 5.91 Å². The van der Waals surface area contributed by atoms with Crippen molar-refractivity contribution in [2.75, 3.05) is 13.1 Å². The smallest absolute Gasteiger partial charge is 0.291 e. The molecule has 0 saturated carbocycles. The third-order valence-corrected chi connectivity index (χ3v) is 3.08. The molecule has 1 aromatic heterocycles. The standard InChI is InChI=1S/C11H19N5O/c1-8(2)16(6-9-4-3-5-12-9)11(17)10-13-7-14-15-10/h7-9,12H,3-6H2,1-2H3,(H,13,14,15). The Bertz CT molecular complexity index is 356. The first kappa shape index (κ1) is 12.0. The van der Waals surface area contributed by atoms with Crippen LogP contribution in [0.4, 0.5) is 0 Å². The van der Waals surface area contributed by atoms with Gasteiger partial charge in [0.1, 0.15) is 6.33 Å². The van der Waals surface area contributed by atoms with Gasteiger partial charge in [-0.25, -0.2) is 4.98 Å². The van der Waals surface area contributed by atoms with E-state index in [1.54, 1.807) is 0 Å². The fourth-order valence-electron chi connectivity index (χ4n) is 2.12. The molecule has 1 saturated heterocycles. The van der Waals surface area contributed by atoms with Crippen LogP contribution < -0.4 is 5.32 Å². The fraction of sp³-hybridized carbons (Fsp3) is 0.727. The molecule has 0 bridgehead atoms. The van der Waals surface area contributed by atoms with E-state index < -0.39 is 0 Å². The average molecular weight is 237 g/mol. The fourth-order valence-corrected chi connectivity index (χ4v) is 2.12. The summed E-state index contributed by atoms with van der Waals surface area (Å²) in [6.07, 6.45) is 3.68. The summed E-state index contributed by atoms with van der Waals surface area (Å²) < 4.78 is 0. The maximum atomic E-state index is 12.2. The molecule has 2 rings (SSSR count). The summed E-state index contributed by atoms with van der Waals surface area (Å²) in [4.78, 5) is 18.0. The molecule has 0 aliphatic carbocycles. The third kappa shape index (κ3) is 2.82. The minimum absolute atomic E-state index is 0.0776. The van der Waals surface area contributed by atoms with E-state index in [1.807, 2.05) is 18.7 Å². The molecule has 1 amide bonds. The van der Waals surface area contributed by atoms with E-state index >= 15 is 0 Å². The number of hydrogen-bond acceptors (Lipinski definition) is 4. The Balaban J connectivity index is 2.03. The van der Waals surface area contributed by atoms with Crippen molar-refractivity contribution in [2.45, 2.75) is 38.8 Å². The molecular weight excluding hydrogens is 218 g/mol. The largest absolute Gasteiger partial charge is 0.332 e. The van der Waals surface area contributed by atoms with Crippen LogP contribution in [0, 0.1) is 0 Å². The summed E-state index contributed by atoms with van der Waals surface area (Å²) in [5.41, 5.74) is 0. The molecule has 6 heteroatoms. The normalized spacial score (nSPS) is 19.8. The number of aromatic amines is 1. The van der Waals surface area contributed by atoms with Crippen LogP contribution in [0.25, 0.3) is 0 Å². The Morgan fingerprint density at radius 1 is 1.65 bits per heavy atom. The van der Waals surface area contributed by atoms with Crippen molar-refractivity contribution in [3.05, 3.63) is 12.2 Å². The van der Waals surface area contributed by atoms with Crippen molar-refractivity contribution >= 4 is 5.91 Å². The molecule has 1 fully saturated rings. The van der Waals surface area contributed by atoms with Gasteiger partial charge in [0.05, 0.1) is 0 Å². The zero-order valence-corrected chi connectivity index (χ0v) is 10.3. The number of carbonyl (C=O) groups excluding carboxylic acids is 1.